The van der Waals surface area contributed by atoms with Crippen LogP contribution in [0.5, 0.6) is 0 Å². The molecule has 6 aromatic carbocycles. The van der Waals surface area contributed by atoms with E-state index in [1.54, 1.807) is 0 Å². The number of hydrogen-bond donors (Lipinski definition) is 13. The molecular formula is C67H102N18O13S. The average molecular weight is 1400 g/mol. The number of carbonyl (C=O) groups is 1. The molecule has 13 N–H and O–H groups in total. The molecule has 0 aromatic heterocycles. The standard InChI is InChI=1S/C67H102N18O13S/c1-81-31-8-21-69-44-43(55(86)56(44)87)68-19-7-20-79-67(98)42(18-41-99-6)80-54-53(65(96)66(54)97)78-30-17-40-85(5)39-16-29-77-52-51(63(94)64(52)95)76-28-15-38-84(4)37-14-27-75-50-49(61(92)62(50)93)74-26-13-36-83(3)35-12-25-73-48-47(59(90)60(48)91)72-24-11-34-82(2)33-10-23-71-46-45(57(88)58(46)89)70-22-9-32-81/h42,68-78,80H,7-41H2,1-6H3,(H,79,98). The molecule has 32 heteroatoms. The highest BCUT2D eigenvalue weighted by Gasteiger charge is 2.28. The Morgan fingerprint density at radius 1 is 0.253 bits per heavy atom. The van der Waals surface area contributed by atoms with Crippen molar-refractivity contribution < 1.29 is 4.79 Å². The summed E-state index contributed by atoms with van der Waals surface area (Å²) in [5.41, 5.74) is -4.07. The van der Waals surface area contributed by atoms with Gasteiger partial charge in [0.25, 0.3) is 65.1 Å². The molecule has 99 heavy (non-hydrogen) atoms. The largest absolute Gasteiger partial charge is 0.380 e. The van der Waals surface area contributed by atoms with Crippen LogP contribution in [0.25, 0.3) is 0 Å². The molecule has 1 amide bonds. The summed E-state index contributed by atoms with van der Waals surface area (Å²) in [5, 5.41) is 40.1. The molecule has 1 heterocycles. The summed E-state index contributed by atoms with van der Waals surface area (Å²) >= 11 is 1.53. The van der Waals surface area contributed by atoms with Crippen molar-refractivity contribution in [3.05, 3.63) is 123 Å². The van der Waals surface area contributed by atoms with Crippen molar-refractivity contribution in [3.63, 3.8) is 0 Å². The highest BCUT2D eigenvalue weighted by atomic mass is 32.2. The van der Waals surface area contributed by atoms with Crippen LogP contribution in [0.3, 0.4) is 0 Å². The lowest BCUT2D eigenvalue weighted by Crippen LogP contribution is -2.45. The molecule has 0 saturated carbocycles. The van der Waals surface area contributed by atoms with E-state index in [0.717, 1.165) is 0 Å². The van der Waals surface area contributed by atoms with E-state index in [1.165, 1.54) is 11.8 Å². The minimum absolute atomic E-state index is 0.0666. The van der Waals surface area contributed by atoms with Gasteiger partial charge in [-0.05, 0) is 190 Å². The second-order valence-corrected chi connectivity index (χ2v) is 26.8. The summed E-state index contributed by atoms with van der Waals surface area (Å²) in [6.07, 6.45) is 9.57. The van der Waals surface area contributed by atoms with Crippen LogP contribution in [0.1, 0.15) is 77.0 Å². The number of fused-ring (bicyclic) bond motifs is 6. The van der Waals surface area contributed by atoms with Gasteiger partial charge >= 0.3 is 0 Å². The first-order valence-corrected chi connectivity index (χ1v) is 36.1. The van der Waals surface area contributed by atoms with Crippen LogP contribution < -0.4 is 134 Å². The predicted octanol–water partition coefficient (Wildman–Crippen LogP) is -1.09. The minimum Gasteiger partial charge on any atom is -0.380 e. The topological polar surface area (TPSA) is 394 Å². The van der Waals surface area contributed by atoms with Gasteiger partial charge in [0, 0.05) is 78.5 Å². The van der Waals surface area contributed by atoms with Crippen molar-refractivity contribution in [2.75, 3.05) is 255 Å². The average Bonchev–Trinajstić information content (AvgIpc) is 0.830. The summed E-state index contributed by atoms with van der Waals surface area (Å²) in [4.78, 5) is 174. The molecule has 1 aliphatic rings. The molecule has 544 valence electrons. The molecule has 0 saturated heterocycles. The molecular weight excluding hydrogens is 1300 g/mol. The predicted molar refractivity (Wildman–Crippen MR) is 403 cm³/mol. The molecule has 0 spiro atoms. The van der Waals surface area contributed by atoms with Crippen molar-refractivity contribution in [2.24, 2.45) is 0 Å². The first-order chi connectivity index (χ1) is 47.6. The highest BCUT2D eigenvalue weighted by molar-refractivity contribution is 7.98. The molecule has 6 aromatic rings. The maximum atomic E-state index is 13.5. The Hall–Kier alpha value is -8.30. The number of rotatable bonds is 3. The van der Waals surface area contributed by atoms with Crippen LogP contribution in [0.15, 0.2) is 57.5 Å². The van der Waals surface area contributed by atoms with Gasteiger partial charge in [-0.3, -0.25) is 62.3 Å². The Morgan fingerprint density at radius 2 is 0.414 bits per heavy atom. The summed E-state index contributed by atoms with van der Waals surface area (Å²) in [5.74, 6) is 0.243. The summed E-state index contributed by atoms with van der Waals surface area (Å²) in [7, 11) is 9.81. The fraction of sp³-hybridized carbons (Fsp3) is 0.627. The number of carbonyl (C=O) groups excluding carboxylic acids is 1. The third kappa shape index (κ3) is 21.8. The van der Waals surface area contributed by atoms with E-state index in [4.69, 9.17) is 0 Å². The second kappa shape index (κ2) is 39.5. The third-order valence-electron chi connectivity index (χ3n) is 17.8. The summed E-state index contributed by atoms with van der Waals surface area (Å²) < 4.78 is 0. The Balaban J connectivity index is 0.852. The number of hydrogen-bond acceptors (Lipinski definition) is 31. The smallest absolute Gasteiger partial charge is 0.253 e. The molecule has 0 bridgehead atoms. The van der Waals surface area contributed by atoms with Gasteiger partial charge in [0.1, 0.15) is 74.3 Å². The molecule has 0 fully saturated rings. The van der Waals surface area contributed by atoms with Gasteiger partial charge in [-0.2, -0.15) is 11.8 Å². The van der Waals surface area contributed by atoms with Crippen LogP contribution >= 0.6 is 11.8 Å². The molecule has 1 unspecified atom stereocenters. The normalized spacial score (nSPS) is 19.5. The van der Waals surface area contributed by atoms with Crippen LogP contribution in [0.2, 0.25) is 0 Å². The monoisotopic (exact) mass is 1400 g/mol. The van der Waals surface area contributed by atoms with Crippen molar-refractivity contribution in [1.29, 1.82) is 0 Å². The van der Waals surface area contributed by atoms with Gasteiger partial charge < -0.3 is 93.6 Å². The fourth-order valence-electron chi connectivity index (χ4n) is 11.8. The van der Waals surface area contributed by atoms with Gasteiger partial charge in [-0.1, -0.05) is 0 Å². The zero-order chi connectivity index (χ0) is 71.5. The number of anilines is 12. The van der Waals surface area contributed by atoms with E-state index in [0.29, 0.717) is 236 Å². The number of thioether (sulfide) groups is 1. The van der Waals surface area contributed by atoms with Gasteiger partial charge in [-0.25, -0.2) is 0 Å². The van der Waals surface area contributed by atoms with Gasteiger partial charge in [-0.15, -0.1) is 0 Å². The van der Waals surface area contributed by atoms with Crippen molar-refractivity contribution in [1.82, 2.24) is 29.8 Å². The Kier molecular flexibility index (Phi) is 31.1. The zero-order valence-electron chi connectivity index (χ0n) is 58.3. The Morgan fingerprint density at radius 3 is 0.606 bits per heavy atom. The first kappa shape index (κ1) is 78.0. The second-order valence-electron chi connectivity index (χ2n) is 25.8. The quantitative estimate of drug-likeness (QED) is 0.0936. The Labute approximate surface area is 578 Å². The van der Waals surface area contributed by atoms with E-state index in [1.807, 2.05) is 41.5 Å². The summed E-state index contributed by atoms with van der Waals surface area (Å²) in [6, 6.07) is -0.801. The first-order valence-electron chi connectivity index (χ1n) is 34.7. The van der Waals surface area contributed by atoms with Crippen LogP contribution in [-0.4, -0.2) is 228 Å². The molecule has 0 aliphatic carbocycles. The van der Waals surface area contributed by atoms with Crippen molar-refractivity contribution in [3.8, 4) is 0 Å². The van der Waals surface area contributed by atoms with E-state index in [9.17, 15) is 62.3 Å². The molecule has 0 radical (unpaired) electrons. The van der Waals surface area contributed by atoms with Crippen LogP contribution in [0.4, 0.5) is 68.2 Å². The SMILES string of the molecule is CSCCC1Nc2c(c(=O)c2=O)NCCCN(C)CCCNc2c(c(=O)c2=O)NCCCN(C)CCCNc2c(c(=O)c2=O)NCCCN(C)CCCNc2c(c(=O)c2=O)NCCCN(C)CCCNc2c(c(=O)c2=O)NCCCN(C)CCCNc2c(c(=O)c2=O)NCCCNC1=O. The fourth-order valence-corrected chi connectivity index (χ4v) is 12.3. The lowest BCUT2D eigenvalue weighted by Gasteiger charge is -2.22. The number of amides is 1. The Bertz CT molecular complexity index is 4030. The molecule has 31 nitrogen and oxygen atoms in total. The van der Waals surface area contributed by atoms with E-state index in [-0.39, 0.29) is 64.5 Å². The third-order valence-corrected chi connectivity index (χ3v) is 18.5. The van der Waals surface area contributed by atoms with Crippen LogP contribution in [-0.2, 0) is 4.79 Å². The van der Waals surface area contributed by atoms with Gasteiger partial charge in [0.15, 0.2) is 0 Å². The lowest BCUT2D eigenvalue weighted by molar-refractivity contribution is -0.121. The van der Waals surface area contributed by atoms with E-state index >= 15 is 0 Å². The van der Waals surface area contributed by atoms with Crippen LogP contribution in [0, 0.1) is 0 Å². The zero-order valence-corrected chi connectivity index (χ0v) is 59.1. The molecule has 1 atom stereocenters. The maximum absolute atomic E-state index is 13.5. The minimum atomic E-state index is -0.801. The molecule has 7 rings (SSSR count). The van der Waals surface area contributed by atoms with E-state index < -0.39 is 71.2 Å². The number of nitrogens with zero attached hydrogens (tertiary/aromatic N) is 5. The maximum Gasteiger partial charge on any atom is 0.253 e. The van der Waals surface area contributed by atoms with Gasteiger partial charge in [0.2, 0.25) is 5.91 Å². The van der Waals surface area contributed by atoms with E-state index in [2.05, 4.69) is 93.6 Å². The lowest BCUT2D eigenvalue weighted by atomic mass is 10.1. The van der Waals surface area contributed by atoms with Gasteiger partial charge in [0.05, 0.1) is 0 Å². The van der Waals surface area contributed by atoms with Crippen molar-refractivity contribution in [2.45, 2.75) is 83.1 Å². The highest BCUT2D eigenvalue weighted by Crippen LogP contribution is 2.21. The molecule has 1 aliphatic heterocycles. The summed E-state index contributed by atoms with van der Waals surface area (Å²) in [6.45, 7) is 12.1. The number of nitrogens with one attached hydrogen (secondary N) is 13. The van der Waals surface area contributed by atoms with Crippen molar-refractivity contribution >= 4 is 85.9 Å².